The number of aliphatic imine (C=N–C) groups is 2. The van der Waals surface area contributed by atoms with Gasteiger partial charge < -0.3 is 18.9 Å². The van der Waals surface area contributed by atoms with Crippen molar-refractivity contribution in [1.29, 1.82) is 0 Å². The average Bonchev–Trinajstić information content (AvgIpc) is 3.55. The van der Waals surface area contributed by atoms with E-state index >= 15 is 0 Å². The highest BCUT2D eigenvalue weighted by atomic mass is 16.7. The number of fused-ring (bicyclic) bond motifs is 2. The van der Waals surface area contributed by atoms with Gasteiger partial charge in [-0.1, -0.05) is 38.5 Å². The molecule has 0 amide bonds. The number of benzene rings is 2. The second-order valence-corrected chi connectivity index (χ2v) is 9.73. The van der Waals surface area contributed by atoms with Gasteiger partial charge in [0, 0.05) is 35.6 Å². The van der Waals surface area contributed by atoms with Crippen LogP contribution in [0, 0.1) is 0 Å². The van der Waals surface area contributed by atoms with Gasteiger partial charge in [0.2, 0.25) is 13.6 Å². The van der Waals surface area contributed by atoms with Gasteiger partial charge in [-0.25, -0.2) is 0 Å². The first-order chi connectivity index (χ1) is 16.8. The Bertz CT molecular complexity index is 1010. The van der Waals surface area contributed by atoms with E-state index in [1.165, 1.54) is 64.2 Å². The van der Waals surface area contributed by atoms with Crippen molar-refractivity contribution >= 4 is 12.4 Å². The van der Waals surface area contributed by atoms with E-state index in [0.717, 1.165) is 45.3 Å². The van der Waals surface area contributed by atoms with Crippen molar-refractivity contribution in [3.8, 4) is 34.1 Å². The summed E-state index contributed by atoms with van der Waals surface area (Å²) in [6.07, 6.45) is 16.4. The van der Waals surface area contributed by atoms with Crippen molar-refractivity contribution in [2.75, 3.05) is 13.6 Å². The molecule has 6 heteroatoms. The van der Waals surface area contributed by atoms with Gasteiger partial charge in [0.1, 0.15) is 0 Å². The molecule has 0 unspecified atom stereocenters. The third-order valence-corrected chi connectivity index (χ3v) is 7.38. The van der Waals surface area contributed by atoms with Crippen molar-refractivity contribution in [2.45, 2.75) is 76.3 Å². The molecule has 2 aliphatic carbocycles. The summed E-state index contributed by atoms with van der Waals surface area (Å²) in [5.74, 6) is 3.06. The predicted octanol–water partition coefficient (Wildman–Crippen LogP) is 6.31. The van der Waals surface area contributed by atoms with Crippen LogP contribution in [0.15, 0.2) is 34.3 Å². The summed E-state index contributed by atoms with van der Waals surface area (Å²) in [5, 5.41) is 0. The number of ether oxygens (including phenoxy) is 4. The second kappa shape index (κ2) is 9.69. The maximum Gasteiger partial charge on any atom is 0.231 e. The van der Waals surface area contributed by atoms with Gasteiger partial charge in [-0.2, -0.15) is 0 Å². The van der Waals surface area contributed by atoms with Crippen LogP contribution in [-0.4, -0.2) is 38.1 Å². The molecule has 34 heavy (non-hydrogen) atoms. The maximum absolute atomic E-state index is 5.74. The molecule has 2 aromatic carbocycles. The fraction of sp³-hybridized carbons (Fsp3) is 0.500. The van der Waals surface area contributed by atoms with Gasteiger partial charge >= 0.3 is 0 Å². The highest BCUT2D eigenvalue weighted by Crippen LogP contribution is 2.43. The molecule has 2 saturated carbocycles. The summed E-state index contributed by atoms with van der Waals surface area (Å²) >= 11 is 0. The van der Waals surface area contributed by atoms with Crippen LogP contribution < -0.4 is 18.9 Å². The molecule has 0 radical (unpaired) electrons. The Hall–Kier alpha value is -3.02. The van der Waals surface area contributed by atoms with Crippen molar-refractivity contribution in [3.05, 3.63) is 35.4 Å². The van der Waals surface area contributed by atoms with Crippen LogP contribution in [0.1, 0.15) is 75.3 Å². The highest BCUT2D eigenvalue weighted by molar-refractivity contribution is 5.99. The Morgan fingerprint density at radius 3 is 1.32 bits per heavy atom. The summed E-state index contributed by atoms with van der Waals surface area (Å²) in [6, 6.07) is 9.04. The number of nitrogens with zero attached hydrogens (tertiary/aromatic N) is 2. The van der Waals surface area contributed by atoms with E-state index in [1.54, 1.807) is 0 Å². The van der Waals surface area contributed by atoms with Crippen LogP contribution in [0.25, 0.3) is 11.1 Å². The van der Waals surface area contributed by atoms with E-state index in [4.69, 9.17) is 28.9 Å². The van der Waals surface area contributed by atoms with E-state index in [2.05, 4.69) is 24.3 Å². The first-order valence-corrected chi connectivity index (χ1v) is 12.8. The van der Waals surface area contributed by atoms with E-state index in [9.17, 15) is 0 Å². The van der Waals surface area contributed by atoms with Crippen LogP contribution in [-0.2, 0) is 0 Å². The zero-order valence-electron chi connectivity index (χ0n) is 19.6. The largest absolute Gasteiger partial charge is 0.454 e. The SMILES string of the molecule is C(=NC1CCCCC1)c1cc2c(cc1-c1cc3c(cc1C=NC1CCCCC1)OCO3)OCO2. The summed E-state index contributed by atoms with van der Waals surface area (Å²) < 4.78 is 22.9. The summed E-state index contributed by atoms with van der Waals surface area (Å²) in [7, 11) is 0. The standard InChI is InChI=1S/C28H32N2O4/c1-3-7-21(8-4-1)29-15-19-11-25-27(33-17-31-25)13-23(19)24-14-28-26(32-18-34-28)12-20(24)16-30-22-9-5-2-6-10-22/h11-16,21-22H,1-10,17-18H2. The van der Waals surface area contributed by atoms with Gasteiger partial charge in [-0.3, -0.25) is 9.98 Å². The van der Waals surface area contributed by atoms with Crippen molar-refractivity contribution < 1.29 is 18.9 Å². The number of rotatable bonds is 5. The normalized spacial score (nSPS) is 20.6. The van der Waals surface area contributed by atoms with Gasteiger partial charge in [0.15, 0.2) is 23.0 Å². The van der Waals surface area contributed by atoms with E-state index in [0.29, 0.717) is 12.1 Å². The van der Waals surface area contributed by atoms with Crippen LogP contribution in [0.3, 0.4) is 0 Å². The van der Waals surface area contributed by atoms with Gasteiger partial charge in [-0.05, 0) is 61.1 Å². The van der Waals surface area contributed by atoms with E-state index < -0.39 is 0 Å². The average molecular weight is 461 g/mol. The summed E-state index contributed by atoms with van der Waals surface area (Å²) in [6.45, 7) is 0.490. The molecule has 2 fully saturated rings. The van der Waals surface area contributed by atoms with Gasteiger partial charge in [0.05, 0.1) is 0 Å². The van der Waals surface area contributed by atoms with Crippen molar-refractivity contribution in [2.24, 2.45) is 9.98 Å². The number of hydrogen-bond acceptors (Lipinski definition) is 6. The first-order valence-electron chi connectivity index (χ1n) is 12.8. The summed E-state index contributed by atoms with van der Waals surface area (Å²) in [4.78, 5) is 9.95. The quantitative estimate of drug-likeness (QED) is 0.490. The van der Waals surface area contributed by atoms with Crippen LogP contribution in [0.4, 0.5) is 0 Å². The Morgan fingerprint density at radius 1 is 0.529 bits per heavy atom. The zero-order valence-corrected chi connectivity index (χ0v) is 19.6. The fourth-order valence-corrected chi connectivity index (χ4v) is 5.43. The van der Waals surface area contributed by atoms with Gasteiger partial charge in [-0.15, -0.1) is 0 Å². The highest BCUT2D eigenvalue weighted by Gasteiger charge is 2.23. The van der Waals surface area contributed by atoms with Crippen LogP contribution in [0.5, 0.6) is 23.0 Å². The molecule has 2 aliphatic heterocycles. The third-order valence-electron chi connectivity index (χ3n) is 7.38. The van der Waals surface area contributed by atoms with Crippen molar-refractivity contribution in [1.82, 2.24) is 0 Å². The van der Waals surface area contributed by atoms with Crippen LogP contribution >= 0.6 is 0 Å². The minimum absolute atomic E-state index is 0.245. The Kier molecular flexibility index (Phi) is 6.13. The second-order valence-electron chi connectivity index (χ2n) is 9.73. The molecule has 178 valence electrons. The molecular formula is C28H32N2O4. The lowest BCUT2D eigenvalue weighted by Crippen LogP contribution is -2.10. The fourth-order valence-electron chi connectivity index (χ4n) is 5.43. The van der Waals surface area contributed by atoms with Gasteiger partial charge in [0.25, 0.3) is 0 Å². The molecule has 2 aromatic rings. The molecule has 2 heterocycles. The lowest BCUT2D eigenvalue weighted by molar-refractivity contribution is 0.173. The zero-order chi connectivity index (χ0) is 22.7. The molecular weight excluding hydrogens is 428 g/mol. The molecule has 4 aliphatic rings. The smallest absolute Gasteiger partial charge is 0.231 e. The molecule has 0 spiro atoms. The predicted molar refractivity (Wildman–Crippen MR) is 133 cm³/mol. The topological polar surface area (TPSA) is 61.6 Å². The lowest BCUT2D eigenvalue weighted by Gasteiger charge is -2.18. The number of hydrogen-bond donors (Lipinski definition) is 0. The molecule has 0 bridgehead atoms. The Labute approximate surface area is 201 Å². The third kappa shape index (κ3) is 4.50. The minimum Gasteiger partial charge on any atom is -0.454 e. The van der Waals surface area contributed by atoms with Crippen molar-refractivity contribution in [3.63, 3.8) is 0 Å². The van der Waals surface area contributed by atoms with E-state index in [-0.39, 0.29) is 13.6 Å². The summed E-state index contributed by atoms with van der Waals surface area (Å²) in [5.41, 5.74) is 4.15. The first kappa shape index (κ1) is 21.5. The molecule has 6 rings (SSSR count). The molecule has 0 atom stereocenters. The lowest BCUT2D eigenvalue weighted by atomic mass is 9.93. The molecule has 6 nitrogen and oxygen atoms in total. The molecule has 0 aromatic heterocycles. The molecule has 0 N–H and O–H groups in total. The van der Waals surface area contributed by atoms with E-state index in [1.807, 2.05) is 12.4 Å². The Morgan fingerprint density at radius 2 is 0.912 bits per heavy atom. The maximum atomic E-state index is 5.74. The minimum atomic E-state index is 0.245. The Balaban J connectivity index is 1.41. The monoisotopic (exact) mass is 460 g/mol. The molecule has 0 saturated heterocycles. The van der Waals surface area contributed by atoms with Crippen LogP contribution in [0.2, 0.25) is 0 Å².